The number of ether oxygens (including phenoxy) is 2. The van der Waals surface area contributed by atoms with Crippen LogP contribution in [0.4, 0.5) is 0 Å². The van der Waals surface area contributed by atoms with Gasteiger partial charge in [0.15, 0.2) is 11.5 Å². The number of aromatic nitrogens is 1. The first kappa shape index (κ1) is 20.4. The molecule has 2 heterocycles. The molecule has 2 aromatic heterocycles. The zero-order chi connectivity index (χ0) is 21.3. The number of amides is 1. The van der Waals surface area contributed by atoms with Crippen molar-refractivity contribution in [1.29, 1.82) is 5.26 Å². The lowest BCUT2D eigenvalue weighted by Gasteiger charge is -2.10. The van der Waals surface area contributed by atoms with E-state index in [1.54, 1.807) is 24.3 Å². The fourth-order valence-electron chi connectivity index (χ4n) is 2.50. The molecule has 1 N–H and O–H groups in total. The number of hydrogen-bond acceptors (Lipinski definition) is 7. The van der Waals surface area contributed by atoms with Gasteiger partial charge in [-0.2, -0.15) is 5.26 Å². The standard InChI is InChI=1S/C22H17N3O5/c1-28-20-12-15(4-5-19(20)30-22(27)16-6-8-24-9-7-16)11-17(13-23)21(26)25-14-18-3-2-10-29-18/h2-12H,14H2,1H3,(H,25,26)/b17-11+. The van der Waals surface area contributed by atoms with Gasteiger partial charge in [-0.05, 0) is 48.0 Å². The topological polar surface area (TPSA) is 114 Å². The van der Waals surface area contributed by atoms with Crippen LogP contribution in [0.1, 0.15) is 21.7 Å². The zero-order valence-electron chi connectivity index (χ0n) is 16.0. The van der Waals surface area contributed by atoms with Gasteiger partial charge in [0.05, 0.1) is 25.5 Å². The van der Waals surface area contributed by atoms with Gasteiger partial charge in [0.2, 0.25) is 0 Å². The lowest BCUT2D eigenvalue weighted by atomic mass is 10.1. The molecule has 0 aliphatic rings. The number of rotatable bonds is 7. The van der Waals surface area contributed by atoms with E-state index in [2.05, 4.69) is 10.3 Å². The summed E-state index contributed by atoms with van der Waals surface area (Å²) in [4.78, 5) is 28.3. The Morgan fingerprint density at radius 1 is 1.20 bits per heavy atom. The zero-order valence-corrected chi connectivity index (χ0v) is 16.0. The molecule has 30 heavy (non-hydrogen) atoms. The maximum absolute atomic E-state index is 12.2. The molecule has 0 fully saturated rings. The van der Waals surface area contributed by atoms with Gasteiger partial charge in [-0.25, -0.2) is 4.79 Å². The normalized spacial score (nSPS) is 10.7. The van der Waals surface area contributed by atoms with E-state index in [0.29, 0.717) is 16.9 Å². The first-order chi connectivity index (χ1) is 14.6. The second-order valence-corrected chi connectivity index (χ2v) is 5.97. The summed E-state index contributed by atoms with van der Waals surface area (Å²) in [6.45, 7) is 0.165. The number of pyridine rings is 1. The predicted molar refractivity (Wildman–Crippen MR) is 106 cm³/mol. The highest BCUT2D eigenvalue weighted by atomic mass is 16.6. The van der Waals surface area contributed by atoms with Gasteiger partial charge in [0.1, 0.15) is 17.4 Å². The number of carbonyl (C=O) groups is 2. The molecule has 1 aromatic carbocycles. The number of nitrogens with zero attached hydrogens (tertiary/aromatic N) is 2. The van der Waals surface area contributed by atoms with Gasteiger partial charge < -0.3 is 19.2 Å². The Labute approximate surface area is 172 Å². The van der Waals surface area contributed by atoms with Crippen molar-refractivity contribution in [3.8, 4) is 17.6 Å². The number of esters is 1. The van der Waals surface area contributed by atoms with Crippen LogP contribution in [-0.4, -0.2) is 24.0 Å². The van der Waals surface area contributed by atoms with Crippen molar-refractivity contribution in [2.45, 2.75) is 6.54 Å². The molecular formula is C22H17N3O5. The van der Waals surface area contributed by atoms with Crippen LogP contribution in [-0.2, 0) is 11.3 Å². The third-order valence-electron chi connectivity index (χ3n) is 3.99. The van der Waals surface area contributed by atoms with Gasteiger partial charge in [-0.3, -0.25) is 9.78 Å². The number of benzene rings is 1. The third kappa shape index (κ3) is 5.11. The summed E-state index contributed by atoms with van der Waals surface area (Å²) < 4.78 is 15.8. The molecule has 0 saturated heterocycles. The number of carbonyl (C=O) groups excluding carboxylic acids is 2. The average Bonchev–Trinajstić information content (AvgIpc) is 3.31. The number of nitriles is 1. The molecule has 0 atom stereocenters. The summed E-state index contributed by atoms with van der Waals surface area (Å²) in [5, 5.41) is 11.9. The highest BCUT2D eigenvalue weighted by molar-refractivity contribution is 6.01. The summed E-state index contributed by atoms with van der Waals surface area (Å²) in [5.41, 5.74) is 0.779. The number of hydrogen-bond donors (Lipinski definition) is 1. The largest absolute Gasteiger partial charge is 0.493 e. The summed E-state index contributed by atoms with van der Waals surface area (Å²) in [5.74, 6) is -0.0468. The maximum atomic E-state index is 12.2. The predicted octanol–water partition coefficient (Wildman–Crippen LogP) is 3.13. The average molecular weight is 403 g/mol. The summed E-state index contributed by atoms with van der Waals surface area (Å²) in [6, 6.07) is 13.1. The van der Waals surface area contributed by atoms with Crippen LogP contribution in [0.5, 0.6) is 11.5 Å². The van der Waals surface area contributed by atoms with E-state index >= 15 is 0 Å². The molecule has 0 spiro atoms. The molecule has 0 radical (unpaired) electrons. The molecule has 0 aliphatic carbocycles. The highest BCUT2D eigenvalue weighted by Crippen LogP contribution is 2.29. The molecule has 3 rings (SSSR count). The Bertz CT molecular complexity index is 1100. The fraction of sp³-hybridized carbons (Fsp3) is 0.0909. The maximum Gasteiger partial charge on any atom is 0.343 e. The van der Waals surface area contributed by atoms with Crippen LogP contribution in [0.2, 0.25) is 0 Å². The van der Waals surface area contributed by atoms with E-state index < -0.39 is 11.9 Å². The Hall–Kier alpha value is -4.38. The molecule has 0 aliphatic heterocycles. The monoisotopic (exact) mass is 403 g/mol. The van der Waals surface area contributed by atoms with Crippen LogP contribution >= 0.6 is 0 Å². The van der Waals surface area contributed by atoms with E-state index in [9.17, 15) is 14.9 Å². The summed E-state index contributed by atoms with van der Waals surface area (Å²) in [6.07, 6.45) is 5.89. The second-order valence-electron chi connectivity index (χ2n) is 5.97. The van der Waals surface area contributed by atoms with E-state index in [4.69, 9.17) is 13.9 Å². The molecule has 1 amide bonds. The van der Waals surface area contributed by atoms with Crippen LogP contribution < -0.4 is 14.8 Å². The van der Waals surface area contributed by atoms with Crippen molar-refractivity contribution in [2.75, 3.05) is 7.11 Å². The van der Waals surface area contributed by atoms with Crippen LogP contribution in [0.25, 0.3) is 6.08 Å². The molecule has 0 saturated carbocycles. The van der Waals surface area contributed by atoms with Crippen LogP contribution in [0, 0.1) is 11.3 Å². The molecule has 150 valence electrons. The minimum atomic E-state index is -0.561. The van der Waals surface area contributed by atoms with Crippen molar-refractivity contribution in [3.05, 3.63) is 83.6 Å². The molecule has 8 nitrogen and oxygen atoms in total. The molecular weight excluding hydrogens is 386 g/mol. The smallest absolute Gasteiger partial charge is 0.343 e. The SMILES string of the molecule is COc1cc(/C=C(\C#N)C(=O)NCc2ccco2)ccc1OC(=O)c1ccncc1. The van der Waals surface area contributed by atoms with Gasteiger partial charge >= 0.3 is 5.97 Å². The first-order valence-corrected chi connectivity index (χ1v) is 8.83. The lowest BCUT2D eigenvalue weighted by Crippen LogP contribution is -2.23. The van der Waals surface area contributed by atoms with Gasteiger partial charge in [-0.15, -0.1) is 0 Å². The molecule has 3 aromatic rings. The Kier molecular flexibility index (Phi) is 6.59. The van der Waals surface area contributed by atoms with Crippen molar-refractivity contribution < 1.29 is 23.5 Å². The Morgan fingerprint density at radius 2 is 2.00 bits per heavy atom. The highest BCUT2D eigenvalue weighted by Gasteiger charge is 2.14. The first-order valence-electron chi connectivity index (χ1n) is 8.83. The summed E-state index contributed by atoms with van der Waals surface area (Å²) in [7, 11) is 1.42. The van der Waals surface area contributed by atoms with Crippen molar-refractivity contribution in [1.82, 2.24) is 10.3 Å². The summed E-state index contributed by atoms with van der Waals surface area (Å²) >= 11 is 0. The second kappa shape index (κ2) is 9.71. The molecule has 8 heteroatoms. The fourth-order valence-corrected chi connectivity index (χ4v) is 2.50. The van der Waals surface area contributed by atoms with Gasteiger partial charge in [0.25, 0.3) is 5.91 Å². The van der Waals surface area contributed by atoms with E-state index in [1.807, 2.05) is 6.07 Å². The molecule has 0 bridgehead atoms. The minimum absolute atomic E-state index is 0.0925. The van der Waals surface area contributed by atoms with Crippen molar-refractivity contribution >= 4 is 18.0 Å². The van der Waals surface area contributed by atoms with Gasteiger partial charge in [0, 0.05) is 12.4 Å². The Morgan fingerprint density at radius 3 is 2.67 bits per heavy atom. The quantitative estimate of drug-likeness (QED) is 0.279. The lowest BCUT2D eigenvalue weighted by molar-refractivity contribution is -0.117. The van der Waals surface area contributed by atoms with E-state index in [1.165, 1.54) is 50.0 Å². The number of nitrogens with one attached hydrogen (secondary N) is 1. The minimum Gasteiger partial charge on any atom is -0.493 e. The van der Waals surface area contributed by atoms with E-state index in [-0.39, 0.29) is 23.6 Å². The number of methoxy groups -OCH3 is 1. The third-order valence-corrected chi connectivity index (χ3v) is 3.99. The Balaban J connectivity index is 1.74. The van der Waals surface area contributed by atoms with Crippen molar-refractivity contribution in [2.24, 2.45) is 0 Å². The van der Waals surface area contributed by atoms with Gasteiger partial charge in [-0.1, -0.05) is 6.07 Å². The van der Waals surface area contributed by atoms with Crippen LogP contribution in [0.15, 0.2) is 71.1 Å². The van der Waals surface area contributed by atoms with Crippen molar-refractivity contribution in [3.63, 3.8) is 0 Å². The number of furan rings is 1. The molecule has 0 unspecified atom stereocenters. The van der Waals surface area contributed by atoms with Crippen LogP contribution in [0.3, 0.4) is 0 Å². The van der Waals surface area contributed by atoms with E-state index in [0.717, 1.165) is 0 Å².